The highest BCUT2D eigenvalue weighted by atomic mass is 16.5. The van der Waals surface area contributed by atoms with Crippen LogP contribution in [-0.4, -0.2) is 17.1 Å². The van der Waals surface area contributed by atoms with Crippen molar-refractivity contribution in [3.05, 3.63) is 0 Å². The third-order valence-corrected chi connectivity index (χ3v) is 2.05. The summed E-state index contributed by atoms with van der Waals surface area (Å²) in [4.78, 5) is 0. The SMILES string of the molecule is CCC(C)N([O])C(C)CC. The van der Waals surface area contributed by atoms with Gasteiger partial charge in [-0.1, -0.05) is 13.8 Å². The summed E-state index contributed by atoms with van der Waals surface area (Å²) in [5.74, 6) is 0. The largest absolute Gasteiger partial charge is 0.149 e. The Hall–Kier alpha value is -0.0800. The highest BCUT2D eigenvalue weighted by molar-refractivity contribution is 4.62. The average Bonchev–Trinajstić information content (AvgIpc) is 2.00. The molecule has 0 aliphatic heterocycles. The van der Waals surface area contributed by atoms with Crippen molar-refractivity contribution in [2.24, 2.45) is 0 Å². The maximum Gasteiger partial charge on any atom is 0.0355 e. The second-order valence-corrected chi connectivity index (χ2v) is 2.87. The van der Waals surface area contributed by atoms with E-state index in [1.807, 2.05) is 27.7 Å². The van der Waals surface area contributed by atoms with Gasteiger partial charge in [-0.3, -0.25) is 0 Å². The van der Waals surface area contributed by atoms with Crippen molar-refractivity contribution in [1.82, 2.24) is 5.06 Å². The Labute approximate surface area is 63.8 Å². The fourth-order valence-electron chi connectivity index (χ4n) is 0.794. The van der Waals surface area contributed by atoms with Crippen molar-refractivity contribution in [3.63, 3.8) is 0 Å². The Kier molecular flexibility index (Phi) is 4.65. The molecule has 0 spiro atoms. The first-order valence-electron chi connectivity index (χ1n) is 4.08. The molecule has 0 saturated carbocycles. The maximum absolute atomic E-state index is 11.2. The predicted octanol–water partition coefficient (Wildman–Crippen LogP) is 2.23. The minimum Gasteiger partial charge on any atom is -0.149 e. The third kappa shape index (κ3) is 2.67. The molecule has 0 fully saturated rings. The summed E-state index contributed by atoms with van der Waals surface area (Å²) in [6.07, 6.45) is 1.88. The highest BCUT2D eigenvalue weighted by Crippen LogP contribution is 2.07. The molecule has 2 unspecified atom stereocenters. The molecule has 0 aromatic rings. The molecule has 0 heterocycles. The first kappa shape index (κ1) is 9.92. The van der Waals surface area contributed by atoms with Gasteiger partial charge < -0.3 is 0 Å². The summed E-state index contributed by atoms with van der Waals surface area (Å²) in [5, 5.41) is 12.4. The van der Waals surface area contributed by atoms with Crippen LogP contribution in [0.4, 0.5) is 0 Å². The van der Waals surface area contributed by atoms with Gasteiger partial charge >= 0.3 is 0 Å². The topological polar surface area (TPSA) is 23.1 Å². The van der Waals surface area contributed by atoms with Crippen LogP contribution < -0.4 is 0 Å². The van der Waals surface area contributed by atoms with E-state index in [4.69, 9.17) is 0 Å². The van der Waals surface area contributed by atoms with Crippen molar-refractivity contribution in [1.29, 1.82) is 0 Å². The monoisotopic (exact) mass is 144 g/mol. The van der Waals surface area contributed by atoms with Gasteiger partial charge in [0, 0.05) is 12.1 Å². The van der Waals surface area contributed by atoms with E-state index in [0.29, 0.717) is 0 Å². The molecule has 10 heavy (non-hydrogen) atoms. The van der Waals surface area contributed by atoms with Gasteiger partial charge in [0.25, 0.3) is 0 Å². The molecular formula is C8H18NO. The summed E-state index contributed by atoms with van der Waals surface area (Å²) >= 11 is 0. The number of hydrogen-bond acceptors (Lipinski definition) is 1. The Morgan fingerprint density at radius 2 is 1.40 bits per heavy atom. The van der Waals surface area contributed by atoms with Gasteiger partial charge in [0.1, 0.15) is 0 Å². The molecule has 0 aliphatic rings. The lowest BCUT2D eigenvalue weighted by molar-refractivity contribution is -0.209. The lowest BCUT2D eigenvalue weighted by Crippen LogP contribution is -2.35. The minimum absolute atomic E-state index is 0.176. The number of nitrogens with zero attached hydrogens (tertiary/aromatic N) is 1. The van der Waals surface area contributed by atoms with Gasteiger partial charge in [0.05, 0.1) is 0 Å². The number of rotatable bonds is 4. The Morgan fingerprint density at radius 3 is 1.60 bits per heavy atom. The van der Waals surface area contributed by atoms with E-state index in [-0.39, 0.29) is 12.1 Å². The van der Waals surface area contributed by atoms with Gasteiger partial charge in [0.15, 0.2) is 0 Å². The molecular weight excluding hydrogens is 126 g/mol. The van der Waals surface area contributed by atoms with Crippen LogP contribution in [0.2, 0.25) is 0 Å². The predicted molar refractivity (Wildman–Crippen MR) is 42.0 cm³/mol. The van der Waals surface area contributed by atoms with E-state index in [2.05, 4.69) is 0 Å². The third-order valence-electron chi connectivity index (χ3n) is 2.05. The molecule has 2 nitrogen and oxygen atoms in total. The van der Waals surface area contributed by atoms with Gasteiger partial charge in [-0.2, -0.15) is 0 Å². The first-order chi connectivity index (χ1) is 4.63. The van der Waals surface area contributed by atoms with E-state index in [1.165, 1.54) is 5.06 Å². The smallest absolute Gasteiger partial charge is 0.0355 e. The number of hydrogen-bond donors (Lipinski definition) is 0. The molecule has 2 heteroatoms. The summed E-state index contributed by atoms with van der Waals surface area (Å²) in [6, 6.07) is 0.352. The van der Waals surface area contributed by atoms with Crippen molar-refractivity contribution in [2.45, 2.75) is 52.6 Å². The highest BCUT2D eigenvalue weighted by Gasteiger charge is 2.15. The van der Waals surface area contributed by atoms with Crippen molar-refractivity contribution in [2.75, 3.05) is 0 Å². The Morgan fingerprint density at radius 1 is 1.10 bits per heavy atom. The molecule has 0 N–H and O–H groups in total. The van der Waals surface area contributed by atoms with E-state index in [1.54, 1.807) is 0 Å². The van der Waals surface area contributed by atoms with E-state index >= 15 is 0 Å². The van der Waals surface area contributed by atoms with Crippen LogP contribution in [0.5, 0.6) is 0 Å². The second kappa shape index (κ2) is 4.69. The van der Waals surface area contributed by atoms with Gasteiger partial charge in [-0.15, -0.1) is 10.3 Å². The summed E-state index contributed by atoms with van der Waals surface area (Å²) in [5.41, 5.74) is 0. The summed E-state index contributed by atoms with van der Waals surface area (Å²) in [6.45, 7) is 8.02. The van der Waals surface area contributed by atoms with Crippen molar-refractivity contribution in [3.8, 4) is 0 Å². The standard InChI is InChI=1S/C8H18NO/c1-5-7(3)9(10)8(4)6-2/h7-8H,5-6H2,1-4H3. The molecule has 0 rings (SSSR count). The van der Waals surface area contributed by atoms with Crippen molar-refractivity contribution >= 4 is 0 Å². The molecule has 1 radical (unpaired) electrons. The first-order valence-corrected chi connectivity index (χ1v) is 4.08. The fraction of sp³-hybridized carbons (Fsp3) is 1.00. The molecule has 0 aliphatic carbocycles. The van der Waals surface area contributed by atoms with Crippen LogP contribution in [0.15, 0.2) is 0 Å². The zero-order chi connectivity index (χ0) is 8.15. The normalized spacial score (nSPS) is 17.4. The maximum atomic E-state index is 11.2. The molecule has 0 aromatic carbocycles. The lowest BCUT2D eigenvalue weighted by atomic mass is 10.2. The molecule has 61 valence electrons. The van der Waals surface area contributed by atoms with E-state index in [9.17, 15) is 5.21 Å². The van der Waals surface area contributed by atoms with Crippen LogP contribution in [0, 0.1) is 0 Å². The zero-order valence-corrected chi connectivity index (χ0v) is 7.42. The minimum atomic E-state index is 0.176. The molecule has 0 bridgehead atoms. The van der Waals surface area contributed by atoms with E-state index < -0.39 is 0 Å². The lowest BCUT2D eigenvalue weighted by Gasteiger charge is -2.23. The second-order valence-electron chi connectivity index (χ2n) is 2.87. The van der Waals surface area contributed by atoms with Crippen LogP contribution in [0.1, 0.15) is 40.5 Å². The molecule has 0 amide bonds. The Bertz CT molecular complexity index is 75.3. The summed E-state index contributed by atoms with van der Waals surface area (Å²) < 4.78 is 0. The Balaban J connectivity index is 3.69. The molecule has 0 aromatic heterocycles. The van der Waals surface area contributed by atoms with Gasteiger partial charge in [-0.05, 0) is 26.7 Å². The quantitative estimate of drug-likeness (QED) is 0.555. The van der Waals surface area contributed by atoms with E-state index in [0.717, 1.165) is 12.8 Å². The molecule has 0 saturated heterocycles. The van der Waals surface area contributed by atoms with Gasteiger partial charge in [0.2, 0.25) is 0 Å². The van der Waals surface area contributed by atoms with Crippen LogP contribution in [0.25, 0.3) is 0 Å². The van der Waals surface area contributed by atoms with Crippen LogP contribution in [-0.2, 0) is 5.21 Å². The molecule has 2 atom stereocenters. The van der Waals surface area contributed by atoms with Crippen LogP contribution in [0.3, 0.4) is 0 Å². The average molecular weight is 144 g/mol. The zero-order valence-electron chi connectivity index (χ0n) is 7.42. The van der Waals surface area contributed by atoms with Gasteiger partial charge in [-0.25, -0.2) is 0 Å². The van der Waals surface area contributed by atoms with Crippen LogP contribution >= 0.6 is 0 Å². The number of hydroxylamine groups is 2. The summed E-state index contributed by atoms with van der Waals surface area (Å²) in [7, 11) is 0. The van der Waals surface area contributed by atoms with Crippen molar-refractivity contribution < 1.29 is 5.21 Å². The fourth-order valence-corrected chi connectivity index (χ4v) is 0.794.